The summed E-state index contributed by atoms with van der Waals surface area (Å²) in [5.41, 5.74) is 1.94. The third-order valence-corrected chi connectivity index (χ3v) is 6.70. The van der Waals surface area contributed by atoms with Gasteiger partial charge in [-0.05, 0) is 45.2 Å². The maximum absolute atomic E-state index is 13.4. The minimum absolute atomic E-state index is 0.0110. The third kappa shape index (κ3) is 5.77. The molecule has 0 bridgehead atoms. The molecule has 2 fully saturated rings. The molecule has 2 amide bonds. The number of piperidine rings is 1. The molecule has 2 aliphatic rings. The van der Waals surface area contributed by atoms with Gasteiger partial charge in [-0.2, -0.15) is 5.10 Å². The number of carbonyl (C=O) groups is 2. The van der Waals surface area contributed by atoms with Gasteiger partial charge >= 0.3 is 6.36 Å². The highest BCUT2D eigenvalue weighted by Gasteiger charge is 2.34. The summed E-state index contributed by atoms with van der Waals surface area (Å²) in [6, 6.07) is 6.09. The lowest BCUT2D eigenvalue weighted by atomic mass is 10.0. The van der Waals surface area contributed by atoms with Gasteiger partial charge in [-0.15, -0.1) is 13.2 Å². The fraction of sp³-hybridized carbons (Fsp3) is 0.542. The van der Waals surface area contributed by atoms with Gasteiger partial charge in [0.25, 0.3) is 5.91 Å². The van der Waals surface area contributed by atoms with Crippen LogP contribution in [-0.4, -0.2) is 76.0 Å². The van der Waals surface area contributed by atoms with Gasteiger partial charge in [0.2, 0.25) is 5.91 Å². The van der Waals surface area contributed by atoms with Crippen molar-refractivity contribution in [3.05, 3.63) is 41.2 Å². The van der Waals surface area contributed by atoms with Crippen molar-refractivity contribution in [2.45, 2.75) is 58.5 Å². The molecule has 1 unspecified atom stereocenters. The quantitative estimate of drug-likeness (QED) is 0.692. The summed E-state index contributed by atoms with van der Waals surface area (Å²) in [6.07, 6.45) is -2.16. The summed E-state index contributed by atoms with van der Waals surface area (Å²) < 4.78 is 43.3. The second-order valence-corrected chi connectivity index (χ2v) is 9.21. The Hall–Kier alpha value is -3.08. The molecule has 35 heavy (non-hydrogen) atoms. The molecule has 11 heteroatoms. The number of halogens is 3. The molecule has 2 aromatic rings. The van der Waals surface area contributed by atoms with Crippen LogP contribution >= 0.6 is 0 Å². The third-order valence-electron chi connectivity index (χ3n) is 6.70. The Morgan fingerprint density at radius 3 is 2.49 bits per heavy atom. The molecule has 0 aliphatic carbocycles. The van der Waals surface area contributed by atoms with Crippen LogP contribution in [0.15, 0.2) is 24.3 Å². The lowest BCUT2D eigenvalue weighted by molar-refractivity contribution is -0.274. The Balaban J connectivity index is 1.42. The number of benzene rings is 1. The van der Waals surface area contributed by atoms with Crippen molar-refractivity contribution in [2.24, 2.45) is 0 Å². The monoisotopic (exact) mass is 493 g/mol. The van der Waals surface area contributed by atoms with Gasteiger partial charge < -0.3 is 15.0 Å². The number of hydrogen-bond donors (Lipinski definition) is 1. The number of nitrogens with zero attached hydrogens (tertiary/aromatic N) is 4. The highest BCUT2D eigenvalue weighted by Crippen LogP contribution is 2.28. The van der Waals surface area contributed by atoms with Crippen molar-refractivity contribution in [1.29, 1.82) is 0 Å². The van der Waals surface area contributed by atoms with Crippen LogP contribution in [0.25, 0.3) is 5.69 Å². The number of alkyl halides is 3. The van der Waals surface area contributed by atoms with Crippen LogP contribution in [-0.2, 0) is 4.79 Å². The van der Waals surface area contributed by atoms with Gasteiger partial charge in [-0.3, -0.25) is 14.5 Å². The second-order valence-electron chi connectivity index (χ2n) is 9.21. The summed E-state index contributed by atoms with van der Waals surface area (Å²) in [5.74, 6) is -0.478. The molecule has 0 saturated carbocycles. The molecule has 1 aromatic heterocycles. The fourth-order valence-electron chi connectivity index (χ4n) is 5.13. The Morgan fingerprint density at radius 1 is 1.11 bits per heavy atom. The largest absolute Gasteiger partial charge is 0.573 e. The van der Waals surface area contributed by atoms with Crippen LogP contribution in [0.3, 0.4) is 0 Å². The van der Waals surface area contributed by atoms with Crippen LogP contribution in [0.1, 0.15) is 47.9 Å². The minimum atomic E-state index is -4.79. The van der Waals surface area contributed by atoms with Crippen molar-refractivity contribution >= 4 is 11.8 Å². The molecule has 1 N–H and O–H groups in total. The molecular formula is C24H30F3N5O3. The SMILES string of the molecule is CC(=O)NC1CCN(C2CCN(C(=O)c3c(C)nn(-c4cccc(OC(F)(F)F)c4)c3C)CC2)C1. The highest BCUT2D eigenvalue weighted by atomic mass is 19.4. The first-order valence-corrected chi connectivity index (χ1v) is 11.7. The van der Waals surface area contributed by atoms with Gasteiger partial charge in [0.15, 0.2) is 0 Å². The lowest BCUT2D eigenvalue weighted by Crippen LogP contribution is -2.47. The molecule has 3 heterocycles. The minimum Gasteiger partial charge on any atom is -0.406 e. The highest BCUT2D eigenvalue weighted by molar-refractivity contribution is 5.96. The Kier molecular flexibility index (Phi) is 7.07. The fourth-order valence-corrected chi connectivity index (χ4v) is 5.13. The summed E-state index contributed by atoms with van der Waals surface area (Å²) in [7, 11) is 0. The average Bonchev–Trinajstić information content (AvgIpc) is 3.36. The first-order chi connectivity index (χ1) is 16.5. The standard InChI is InChI=1S/C24H30F3N5O3/c1-15-22(16(2)32(29-15)20-5-4-6-21(13-20)35-24(25,26)27)23(34)30-11-8-19(9-12-30)31-10-7-18(14-31)28-17(3)33/h4-6,13,18-19H,7-12,14H2,1-3H3,(H,28,33). The van der Waals surface area contributed by atoms with Crippen LogP contribution in [0.4, 0.5) is 13.2 Å². The lowest BCUT2D eigenvalue weighted by Gasteiger charge is -2.36. The summed E-state index contributed by atoms with van der Waals surface area (Å²) in [6.45, 7) is 8.00. The number of carbonyl (C=O) groups excluding carboxylic acids is 2. The zero-order chi connectivity index (χ0) is 25.3. The van der Waals surface area contributed by atoms with Crippen molar-refractivity contribution in [3.63, 3.8) is 0 Å². The molecule has 0 radical (unpaired) electrons. The number of ether oxygens (including phenoxy) is 1. The zero-order valence-electron chi connectivity index (χ0n) is 20.1. The van der Waals surface area contributed by atoms with E-state index in [2.05, 4.69) is 20.1 Å². The smallest absolute Gasteiger partial charge is 0.406 e. The van der Waals surface area contributed by atoms with E-state index in [9.17, 15) is 22.8 Å². The van der Waals surface area contributed by atoms with Crippen molar-refractivity contribution in [1.82, 2.24) is 24.9 Å². The maximum Gasteiger partial charge on any atom is 0.573 e. The normalized spacial score (nSPS) is 19.7. The number of aromatic nitrogens is 2. The van der Waals surface area contributed by atoms with E-state index in [0.29, 0.717) is 41.8 Å². The molecular weight excluding hydrogens is 463 g/mol. The second kappa shape index (κ2) is 9.88. The van der Waals surface area contributed by atoms with Crippen molar-refractivity contribution in [3.8, 4) is 11.4 Å². The first-order valence-electron chi connectivity index (χ1n) is 11.7. The molecule has 1 atom stereocenters. The van der Waals surface area contributed by atoms with E-state index in [1.807, 2.05) is 4.90 Å². The first kappa shape index (κ1) is 25.0. The van der Waals surface area contributed by atoms with E-state index in [-0.39, 0.29) is 23.6 Å². The summed E-state index contributed by atoms with van der Waals surface area (Å²) in [5, 5.41) is 7.42. The average molecular weight is 494 g/mol. The number of likely N-dealkylation sites (tertiary alicyclic amines) is 2. The van der Waals surface area contributed by atoms with Gasteiger partial charge in [0, 0.05) is 51.3 Å². The predicted molar refractivity (Wildman–Crippen MR) is 122 cm³/mol. The van der Waals surface area contributed by atoms with Gasteiger partial charge in [-0.25, -0.2) is 4.68 Å². The number of nitrogens with one attached hydrogen (secondary N) is 1. The zero-order valence-corrected chi connectivity index (χ0v) is 20.1. The van der Waals surface area contributed by atoms with Gasteiger partial charge in [0.1, 0.15) is 5.75 Å². The molecule has 2 aliphatic heterocycles. The van der Waals surface area contributed by atoms with Gasteiger partial charge in [0.05, 0.1) is 22.6 Å². The van der Waals surface area contributed by atoms with E-state index < -0.39 is 6.36 Å². The molecule has 1 aromatic carbocycles. The molecule has 8 nitrogen and oxygen atoms in total. The maximum atomic E-state index is 13.4. The van der Waals surface area contributed by atoms with E-state index in [1.54, 1.807) is 19.9 Å². The Labute approximate surface area is 202 Å². The topological polar surface area (TPSA) is 79.7 Å². The molecule has 4 rings (SSSR count). The van der Waals surface area contributed by atoms with E-state index in [4.69, 9.17) is 0 Å². The molecule has 2 saturated heterocycles. The Morgan fingerprint density at radius 2 is 1.83 bits per heavy atom. The van der Waals surface area contributed by atoms with Crippen molar-refractivity contribution < 1.29 is 27.5 Å². The summed E-state index contributed by atoms with van der Waals surface area (Å²) in [4.78, 5) is 28.9. The van der Waals surface area contributed by atoms with Crippen LogP contribution in [0, 0.1) is 13.8 Å². The number of amides is 2. The van der Waals surface area contributed by atoms with Crippen LogP contribution in [0.2, 0.25) is 0 Å². The van der Waals surface area contributed by atoms with E-state index in [1.165, 1.54) is 29.8 Å². The summed E-state index contributed by atoms with van der Waals surface area (Å²) >= 11 is 0. The number of rotatable bonds is 5. The molecule has 190 valence electrons. The van der Waals surface area contributed by atoms with Crippen LogP contribution in [0.5, 0.6) is 5.75 Å². The van der Waals surface area contributed by atoms with E-state index in [0.717, 1.165) is 32.4 Å². The predicted octanol–water partition coefficient (Wildman–Crippen LogP) is 3.20. The number of hydrogen-bond acceptors (Lipinski definition) is 5. The van der Waals surface area contributed by atoms with E-state index >= 15 is 0 Å². The van der Waals surface area contributed by atoms with Gasteiger partial charge in [-0.1, -0.05) is 6.07 Å². The molecule has 0 spiro atoms. The number of aryl methyl sites for hydroxylation is 1. The van der Waals surface area contributed by atoms with Crippen molar-refractivity contribution in [2.75, 3.05) is 26.2 Å². The Bertz CT molecular complexity index is 1090. The van der Waals surface area contributed by atoms with Crippen LogP contribution < -0.4 is 10.1 Å².